The average molecular weight is 421 g/mol. The van der Waals surface area contributed by atoms with Crippen molar-refractivity contribution in [3.63, 3.8) is 0 Å². The standard InChI is InChI=1S/C18H17BrN2O3S/c1-23-18(22)15-9-14-17(25-15)20-16(21(14)10-13-6-7-24-13)8-11-2-4-12(19)5-3-11/h2-5,9,13H,6-8,10H2,1H3/t13-/m0/s1. The second-order valence-corrected chi connectivity index (χ2v) is 7.96. The molecule has 0 aliphatic carbocycles. The third-order valence-corrected chi connectivity index (χ3v) is 5.90. The molecule has 2 aromatic heterocycles. The monoisotopic (exact) mass is 420 g/mol. The first-order valence-corrected chi connectivity index (χ1v) is 9.68. The summed E-state index contributed by atoms with van der Waals surface area (Å²) in [6.07, 6.45) is 2.03. The van der Waals surface area contributed by atoms with Crippen LogP contribution in [0.15, 0.2) is 34.8 Å². The molecule has 0 spiro atoms. The fourth-order valence-corrected chi connectivity index (χ4v) is 4.15. The zero-order valence-electron chi connectivity index (χ0n) is 13.7. The summed E-state index contributed by atoms with van der Waals surface area (Å²) in [4.78, 5) is 18.0. The van der Waals surface area contributed by atoms with Gasteiger partial charge < -0.3 is 14.0 Å². The Balaban J connectivity index is 1.71. The maximum Gasteiger partial charge on any atom is 0.348 e. The molecule has 0 unspecified atom stereocenters. The minimum Gasteiger partial charge on any atom is -0.465 e. The zero-order chi connectivity index (χ0) is 17.4. The first kappa shape index (κ1) is 16.8. The van der Waals surface area contributed by atoms with Crippen molar-refractivity contribution in [2.75, 3.05) is 13.7 Å². The molecule has 0 bridgehead atoms. The molecular weight excluding hydrogens is 404 g/mol. The van der Waals surface area contributed by atoms with Gasteiger partial charge in [0.1, 0.15) is 15.5 Å². The van der Waals surface area contributed by atoms with Gasteiger partial charge in [-0.05, 0) is 30.2 Å². The fourth-order valence-electron chi connectivity index (χ4n) is 2.92. The number of ether oxygens (including phenoxy) is 2. The van der Waals surface area contributed by atoms with E-state index in [0.717, 1.165) is 46.6 Å². The van der Waals surface area contributed by atoms with Crippen molar-refractivity contribution in [3.8, 4) is 0 Å². The SMILES string of the molecule is COC(=O)c1cc2c(nc(Cc3ccc(Br)cc3)n2C[C@@H]2CCO2)s1. The Bertz CT molecular complexity index is 912. The maximum absolute atomic E-state index is 11.8. The Labute approximate surface area is 157 Å². The Hall–Kier alpha value is -1.70. The lowest BCUT2D eigenvalue weighted by atomic mass is 10.1. The number of hydrogen-bond donors (Lipinski definition) is 0. The van der Waals surface area contributed by atoms with Gasteiger partial charge in [0.15, 0.2) is 0 Å². The van der Waals surface area contributed by atoms with E-state index in [4.69, 9.17) is 14.5 Å². The summed E-state index contributed by atoms with van der Waals surface area (Å²) in [6, 6.07) is 10.1. The summed E-state index contributed by atoms with van der Waals surface area (Å²) in [5.41, 5.74) is 2.18. The van der Waals surface area contributed by atoms with E-state index in [0.29, 0.717) is 4.88 Å². The van der Waals surface area contributed by atoms with E-state index in [1.807, 2.05) is 18.2 Å². The molecule has 25 heavy (non-hydrogen) atoms. The molecule has 3 aromatic rings. The zero-order valence-corrected chi connectivity index (χ0v) is 16.1. The minimum absolute atomic E-state index is 0.225. The number of halogens is 1. The molecular formula is C18H17BrN2O3S. The lowest BCUT2D eigenvalue weighted by Crippen LogP contribution is -2.31. The molecule has 5 nitrogen and oxygen atoms in total. The molecule has 1 saturated heterocycles. The van der Waals surface area contributed by atoms with Crippen molar-refractivity contribution in [1.82, 2.24) is 9.55 Å². The second kappa shape index (κ2) is 6.90. The largest absolute Gasteiger partial charge is 0.465 e. The number of thiophene rings is 1. The molecule has 0 saturated carbocycles. The van der Waals surface area contributed by atoms with E-state index in [9.17, 15) is 4.79 Å². The van der Waals surface area contributed by atoms with E-state index in [1.165, 1.54) is 24.0 Å². The van der Waals surface area contributed by atoms with Crippen LogP contribution in [0.4, 0.5) is 0 Å². The van der Waals surface area contributed by atoms with Crippen molar-refractivity contribution < 1.29 is 14.3 Å². The van der Waals surface area contributed by atoms with Crippen LogP contribution in [0, 0.1) is 0 Å². The maximum atomic E-state index is 11.8. The number of hydrogen-bond acceptors (Lipinski definition) is 5. The van der Waals surface area contributed by atoms with Crippen molar-refractivity contribution in [2.45, 2.75) is 25.5 Å². The molecule has 130 valence electrons. The van der Waals surface area contributed by atoms with Crippen LogP contribution in [0.5, 0.6) is 0 Å². The third kappa shape index (κ3) is 3.36. The highest BCUT2D eigenvalue weighted by atomic mass is 79.9. The van der Waals surface area contributed by atoms with Crippen LogP contribution >= 0.6 is 27.3 Å². The molecule has 0 radical (unpaired) electrons. The smallest absolute Gasteiger partial charge is 0.348 e. The minimum atomic E-state index is -0.316. The van der Waals surface area contributed by atoms with Crippen molar-refractivity contribution in [2.24, 2.45) is 0 Å². The molecule has 1 aromatic carbocycles. The van der Waals surface area contributed by atoms with Gasteiger partial charge in [0, 0.05) is 17.5 Å². The number of carbonyl (C=O) groups excluding carboxylic acids is 1. The number of methoxy groups -OCH3 is 1. The van der Waals surface area contributed by atoms with Crippen LogP contribution in [0.1, 0.15) is 27.5 Å². The highest BCUT2D eigenvalue weighted by Crippen LogP contribution is 2.29. The summed E-state index contributed by atoms with van der Waals surface area (Å²) in [5, 5.41) is 0. The van der Waals surface area contributed by atoms with E-state index in [-0.39, 0.29) is 12.1 Å². The summed E-state index contributed by atoms with van der Waals surface area (Å²) in [5.74, 6) is 0.680. The number of rotatable bonds is 5. The number of fused-ring (bicyclic) bond motifs is 1. The highest BCUT2D eigenvalue weighted by molar-refractivity contribution is 9.10. The van der Waals surface area contributed by atoms with Crippen LogP contribution in [0.3, 0.4) is 0 Å². The normalized spacial score (nSPS) is 16.8. The first-order chi connectivity index (χ1) is 12.1. The first-order valence-electron chi connectivity index (χ1n) is 8.07. The topological polar surface area (TPSA) is 53.3 Å². The predicted molar refractivity (Wildman–Crippen MR) is 100 cm³/mol. The fraction of sp³-hybridized carbons (Fsp3) is 0.333. The van der Waals surface area contributed by atoms with E-state index < -0.39 is 0 Å². The van der Waals surface area contributed by atoms with Crippen LogP contribution in [-0.4, -0.2) is 35.3 Å². The van der Waals surface area contributed by atoms with Gasteiger partial charge in [-0.3, -0.25) is 0 Å². The van der Waals surface area contributed by atoms with Gasteiger partial charge in [-0.15, -0.1) is 11.3 Å². The van der Waals surface area contributed by atoms with Crippen LogP contribution in [-0.2, 0) is 22.4 Å². The van der Waals surface area contributed by atoms with E-state index in [2.05, 4.69) is 32.6 Å². The molecule has 1 aliphatic rings. The molecule has 1 atom stereocenters. The second-order valence-electron chi connectivity index (χ2n) is 6.02. The summed E-state index contributed by atoms with van der Waals surface area (Å²) in [7, 11) is 1.40. The van der Waals surface area contributed by atoms with Crippen LogP contribution in [0.2, 0.25) is 0 Å². The number of imidazole rings is 1. The van der Waals surface area contributed by atoms with Gasteiger partial charge in [-0.25, -0.2) is 9.78 Å². The lowest BCUT2D eigenvalue weighted by molar-refractivity contribution is -0.0589. The van der Waals surface area contributed by atoms with Gasteiger partial charge in [0.25, 0.3) is 0 Å². The quantitative estimate of drug-likeness (QED) is 0.584. The molecule has 4 rings (SSSR count). The molecule has 0 amide bonds. The molecule has 1 fully saturated rings. The summed E-state index contributed by atoms with van der Waals surface area (Å²) >= 11 is 4.84. The number of esters is 1. The highest BCUT2D eigenvalue weighted by Gasteiger charge is 2.24. The van der Waals surface area contributed by atoms with Gasteiger partial charge in [0.05, 0.1) is 25.3 Å². The molecule has 0 N–H and O–H groups in total. The Morgan fingerprint density at radius 2 is 2.20 bits per heavy atom. The van der Waals surface area contributed by atoms with Gasteiger partial charge in [-0.2, -0.15) is 0 Å². The summed E-state index contributed by atoms with van der Waals surface area (Å²) in [6.45, 7) is 1.58. The Morgan fingerprint density at radius 3 is 2.84 bits per heavy atom. The van der Waals surface area contributed by atoms with E-state index >= 15 is 0 Å². The number of carbonyl (C=O) groups is 1. The number of aromatic nitrogens is 2. The number of nitrogens with zero attached hydrogens (tertiary/aromatic N) is 2. The van der Waals surface area contributed by atoms with Gasteiger partial charge in [-0.1, -0.05) is 28.1 Å². The Morgan fingerprint density at radius 1 is 1.44 bits per heavy atom. The van der Waals surface area contributed by atoms with Gasteiger partial charge >= 0.3 is 5.97 Å². The van der Waals surface area contributed by atoms with Crippen molar-refractivity contribution >= 4 is 43.6 Å². The van der Waals surface area contributed by atoms with Gasteiger partial charge in [0.2, 0.25) is 0 Å². The number of benzene rings is 1. The molecule has 7 heteroatoms. The lowest BCUT2D eigenvalue weighted by Gasteiger charge is -2.27. The Kier molecular flexibility index (Phi) is 4.62. The predicted octanol–water partition coefficient (Wildman–Crippen LogP) is 4.03. The molecule has 3 heterocycles. The van der Waals surface area contributed by atoms with Crippen molar-refractivity contribution in [3.05, 3.63) is 51.1 Å². The summed E-state index contributed by atoms with van der Waals surface area (Å²) < 4.78 is 13.7. The molecule has 1 aliphatic heterocycles. The van der Waals surface area contributed by atoms with Crippen molar-refractivity contribution in [1.29, 1.82) is 0 Å². The van der Waals surface area contributed by atoms with E-state index in [1.54, 1.807) is 0 Å². The average Bonchev–Trinajstić information content (AvgIpc) is 3.10. The third-order valence-electron chi connectivity index (χ3n) is 4.37. The van der Waals surface area contributed by atoms with Crippen LogP contribution < -0.4 is 0 Å². The van der Waals surface area contributed by atoms with Crippen LogP contribution in [0.25, 0.3) is 10.3 Å².